The maximum atomic E-state index is 5.92. The van der Waals surface area contributed by atoms with Crippen LogP contribution in [0, 0.1) is 0 Å². The van der Waals surface area contributed by atoms with E-state index in [4.69, 9.17) is 16.6 Å². The van der Waals surface area contributed by atoms with Crippen molar-refractivity contribution < 1.29 is 0 Å². The lowest BCUT2D eigenvalue weighted by Crippen LogP contribution is -2.03. The lowest BCUT2D eigenvalue weighted by Gasteiger charge is -2.08. The monoisotopic (exact) mass is 348 g/mol. The Morgan fingerprint density at radius 3 is 2.76 bits per heavy atom. The van der Waals surface area contributed by atoms with Crippen LogP contribution in [-0.2, 0) is 13.0 Å². The quantitative estimate of drug-likeness (QED) is 0.544. The maximum Gasteiger partial charge on any atom is 0.137 e. The number of anilines is 1. The molecule has 0 radical (unpaired) electrons. The molecule has 0 amide bonds. The Morgan fingerprint density at radius 1 is 1.00 bits per heavy atom. The number of nitrogens with one attached hydrogen (secondary N) is 2. The molecule has 0 aliphatic rings. The average Bonchev–Trinajstić information content (AvgIpc) is 3.05. The third kappa shape index (κ3) is 3.64. The fourth-order valence-electron chi connectivity index (χ4n) is 2.83. The van der Waals surface area contributed by atoms with Crippen molar-refractivity contribution in [2.45, 2.75) is 13.0 Å². The normalized spacial score (nSPS) is 10.9. The summed E-state index contributed by atoms with van der Waals surface area (Å²) in [7, 11) is 0. The highest BCUT2D eigenvalue weighted by molar-refractivity contribution is 6.30. The molecule has 25 heavy (non-hydrogen) atoms. The van der Waals surface area contributed by atoms with Crippen molar-refractivity contribution in [3.8, 4) is 0 Å². The van der Waals surface area contributed by atoms with Gasteiger partial charge in [-0.25, -0.2) is 9.97 Å². The second-order valence-electron chi connectivity index (χ2n) is 5.88. The van der Waals surface area contributed by atoms with E-state index >= 15 is 0 Å². The minimum atomic E-state index is 0.713. The van der Waals surface area contributed by atoms with Crippen molar-refractivity contribution in [2.75, 3.05) is 5.32 Å². The van der Waals surface area contributed by atoms with Gasteiger partial charge in [0.1, 0.15) is 11.5 Å². The first-order valence-electron chi connectivity index (χ1n) is 8.13. The van der Waals surface area contributed by atoms with Crippen molar-refractivity contribution >= 4 is 28.5 Å². The number of pyridine rings is 2. The number of hydrogen-bond donors (Lipinski definition) is 2. The molecule has 0 saturated carbocycles. The molecule has 5 heteroatoms. The number of halogens is 1. The topological polar surface area (TPSA) is 53.6 Å². The van der Waals surface area contributed by atoms with Crippen molar-refractivity contribution in [3.05, 3.63) is 88.8 Å². The molecule has 3 heterocycles. The largest absolute Gasteiger partial charge is 0.366 e. The van der Waals surface area contributed by atoms with E-state index in [2.05, 4.69) is 21.4 Å². The van der Waals surface area contributed by atoms with Crippen molar-refractivity contribution in [1.29, 1.82) is 0 Å². The van der Waals surface area contributed by atoms with E-state index in [9.17, 15) is 0 Å². The molecule has 4 nitrogen and oxygen atoms in total. The zero-order valence-electron chi connectivity index (χ0n) is 13.5. The first kappa shape index (κ1) is 15.7. The fourth-order valence-corrected chi connectivity index (χ4v) is 2.95. The number of hydrogen-bond acceptors (Lipinski definition) is 3. The predicted molar refractivity (Wildman–Crippen MR) is 102 cm³/mol. The molecular weight excluding hydrogens is 332 g/mol. The number of rotatable bonds is 5. The van der Waals surface area contributed by atoms with Gasteiger partial charge in [0.2, 0.25) is 0 Å². The molecule has 124 valence electrons. The minimum absolute atomic E-state index is 0.713. The van der Waals surface area contributed by atoms with Crippen LogP contribution in [0.5, 0.6) is 0 Å². The molecule has 0 aliphatic carbocycles. The SMILES string of the molecule is Clc1ccc(CNc2cccc(Cc3c[nH]c4ncccc34)n2)cc1. The molecule has 0 bridgehead atoms. The summed E-state index contributed by atoms with van der Waals surface area (Å²) >= 11 is 5.92. The number of nitrogens with zero attached hydrogens (tertiary/aromatic N) is 2. The van der Waals surface area contributed by atoms with Crippen LogP contribution in [0.4, 0.5) is 5.82 Å². The van der Waals surface area contributed by atoms with Crippen LogP contribution in [0.15, 0.2) is 67.0 Å². The molecule has 3 aromatic heterocycles. The summed E-state index contributed by atoms with van der Waals surface area (Å²) in [4.78, 5) is 12.3. The van der Waals surface area contributed by atoms with E-state index in [-0.39, 0.29) is 0 Å². The standard InChI is InChI=1S/C20H17ClN4/c21-16-8-6-14(7-9-16)12-23-19-5-1-3-17(25-19)11-15-13-24-20-18(15)4-2-10-22-20/h1-10,13H,11-12H2,(H,22,24)(H,23,25). The van der Waals surface area contributed by atoms with Gasteiger partial charge in [0.25, 0.3) is 0 Å². The lowest BCUT2D eigenvalue weighted by molar-refractivity contribution is 1.05. The van der Waals surface area contributed by atoms with Gasteiger partial charge in [-0.2, -0.15) is 0 Å². The maximum absolute atomic E-state index is 5.92. The van der Waals surface area contributed by atoms with E-state index in [1.165, 1.54) is 11.1 Å². The summed E-state index contributed by atoms with van der Waals surface area (Å²) in [6, 6.07) is 17.9. The summed E-state index contributed by atoms with van der Waals surface area (Å²) in [6.45, 7) is 0.713. The molecule has 0 unspecified atom stereocenters. The van der Waals surface area contributed by atoms with E-state index in [1.807, 2.05) is 54.7 Å². The van der Waals surface area contributed by atoms with Crippen LogP contribution in [0.25, 0.3) is 11.0 Å². The second-order valence-corrected chi connectivity index (χ2v) is 6.32. The van der Waals surface area contributed by atoms with E-state index in [0.717, 1.165) is 34.0 Å². The van der Waals surface area contributed by atoms with Crippen LogP contribution in [0.2, 0.25) is 5.02 Å². The molecule has 0 spiro atoms. The fraction of sp³-hybridized carbons (Fsp3) is 0.100. The molecule has 0 aliphatic heterocycles. The summed E-state index contributed by atoms with van der Waals surface area (Å²) in [5.74, 6) is 0.866. The van der Waals surface area contributed by atoms with Crippen molar-refractivity contribution in [2.24, 2.45) is 0 Å². The molecular formula is C20H17ClN4. The van der Waals surface area contributed by atoms with Gasteiger partial charge in [-0.3, -0.25) is 0 Å². The Morgan fingerprint density at radius 2 is 1.88 bits per heavy atom. The lowest BCUT2D eigenvalue weighted by atomic mass is 10.1. The molecule has 0 saturated heterocycles. The van der Waals surface area contributed by atoms with Crippen LogP contribution in [-0.4, -0.2) is 15.0 Å². The Kier molecular flexibility index (Phi) is 4.36. The minimum Gasteiger partial charge on any atom is -0.366 e. The van der Waals surface area contributed by atoms with E-state index < -0.39 is 0 Å². The average molecular weight is 349 g/mol. The molecule has 2 N–H and O–H groups in total. The second kappa shape index (κ2) is 6.95. The third-order valence-corrected chi connectivity index (χ3v) is 4.35. The highest BCUT2D eigenvalue weighted by Crippen LogP contribution is 2.19. The van der Waals surface area contributed by atoms with Gasteiger partial charge in [0.05, 0.1) is 0 Å². The summed E-state index contributed by atoms with van der Waals surface area (Å²) in [6.07, 6.45) is 4.57. The van der Waals surface area contributed by atoms with Crippen LogP contribution >= 0.6 is 11.6 Å². The zero-order valence-corrected chi connectivity index (χ0v) is 14.3. The highest BCUT2D eigenvalue weighted by Gasteiger charge is 2.06. The van der Waals surface area contributed by atoms with E-state index in [1.54, 1.807) is 6.20 Å². The Balaban J connectivity index is 1.48. The smallest absolute Gasteiger partial charge is 0.137 e. The Hall–Kier alpha value is -2.85. The third-order valence-electron chi connectivity index (χ3n) is 4.10. The van der Waals surface area contributed by atoms with Gasteiger partial charge in [0, 0.05) is 41.5 Å². The molecule has 0 atom stereocenters. The van der Waals surface area contributed by atoms with Gasteiger partial charge in [-0.15, -0.1) is 0 Å². The Labute approximate surface area is 150 Å². The van der Waals surface area contributed by atoms with Crippen LogP contribution in [0.1, 0.15) is 16.8 Å². The van der Waals surface area contributed by atoms with Crippen molar-refractivity contribution in [1.82, 2.24) is 15.0 Å². The summed E-state index contributed by atoms with van der Waals surface area (Å²) in [5.41, 5.74) is 4.30. The van der Waals surface area contributed by atoms with Gasteiger partial charge in [-0.1, -0.05) is 29.8 Å². The molecule has 4 aromatic rings. The molecule has 1 aromatic carbocycles. The van der Waals surface area contributed by atoms with Gasteiger partial charge < -0.3 is 10.3 Å². The first-order valence-corrected chi connectivity index (χ1v) is 8.51. The van der Waals surface area contributed by atoms with Gasteiger partial charge >= 0.3 is 0 Å². The van der Waals surface area contributed by atoms with Crippen LogP contribution < -0.4 is 5.32 Å². The van der Waals surface area contributed by atoms with Crippen LogP contribution in [0.3, 0.4) is 0 Å². The molecule has 0 fully saturated rings. The summed E-state index contributed by atoms with van der Waals surface area (Å²) in [5, 5.41) is 5.25. The van der Waals surface area contributed by atoms with Crippen molar-refractivity contribution in [3.63, 3.8) is 0 Å². The number of aromatic amines is 1. The van der Waals surface area contributed by atoms with Gasteiger partial charge in [0.15, 0.2) is 0 Å². The molecule has 4 rings (SSSR count). The summed E-state index contributed by atoms with van der Waals surface area (Å²) < 4.78 is 0. The van der Waals surface area contributed by atoms with E-state index in [0.29, 0.717) is 6.54 Å². The number of fused-ring (bicyclic) bond motifs is 1. The zero-order chi connectivity index (χ0) is 17.1. The van der Waals surface area contributed by atoms with Gasteiger partial charge in [-0.05, 0) is 47.5 Å². The Bertz CT molecular complexity index is 992. The highest BCUT2D eigenvalue weighted by atomic mass is 35.5. The number of benzene rings is 1. The predicted octanol–water partition coefficient (Wildman–Crippen LogP) is 4.81. The number of aromatic nitrogens is 3. The number of H-pyrrole nitrogens is 1. The first-order chi connectivity index (χ1) is 12.3.